The Labute approximate surface area is 81.2 Å². The van der Waals surface area contributed by atoms with Gasteiger partial charge in [-0.05, 0) is 18.2 Å². The molecule has 0 bridgehead atoms. The molecule has 0 aliphatic carbocycles. The molecule has 72 valence electrons. The Hall–Kier alpha value is -2.06. The van der Waals surface area contributed by atoms with Gasteiger partial charge in [0.15, 0.2) is 0 Å². The zero-order valence-corrected chi connectivity index (χ0v) is 7.57. The predicted molar refractivity (Wildman–Crippen MR) is 50.3 cm³/mol. The van der Waals surface area contributed by atoms with Crippen LogP contribution in [0.4, 0.5) is 10.5 Å². The molecule has 0 aromatic heterocycles. The summed E-state index contributed by atoms with van der Waals surface area (Å²) in [5, 5.41) is 11.1. The molecule has 0 unspecified atom stereocenters. The van der Waals surface area contributed by atoms with Gasteiger partial charge in [0.25, 0.3) is 0 Å². The second kappa shape index (κ2) is 4.84. The van der Waals surface area contributed by atoms with E-state index in [0.717, 1.165) is 0 Å². The van der Waals surface area contributed by atoms with Crippen LogP contribution in [0.3, 0.4) is 0 Å². The molecule has 0 aliphatic heterocycles. The number of nitriles is 1. The molecule has 0 saturated heterocycles. The van der Waals surface area contributed by atoms with Gasteiger partial charge < -0.3 is 5.32 Å². The highest BCUT2D eigenvalue weighted by atomic mass is 16.6. The van der Waals surface area contributed by atoms with E-state index in [1.165, 1.54) is 7.11 Å². The maximum absolute atomic E-state index is 11.0. The van der Waals surface area contributed by atoms with Crippen LogP contribution in [0.15, 0.2) is 24.3 Å². The quantitative estimate of drug-likeness (QED) is 0.690. The number of hydrogen-bond donors (Lipinski definition) is 2. The molecule has 2 N–H and O–H groups in total. The number of nitrogens with one attached hydrogen (secondary N) is 2. The lowest BCUT2D eigenvalue weighted by Gasteiger charge is -2.04. The fourth-order valence-corrected chi connectivity index (χ4v) is 0.916. The number of amides is 2. The number of urea groups is 1. The summed E-state index contributed by atoms with van der Waals surface area (Å²) in [6.45, 7) is 0. The molecule has 0 atom stereocenters. The number of hydrogen-bond acceptors (Lipinski definition) is 3. The number of nitrogens with zero attached hydrogens (tertiary/aromatic N) is 1. The Morgan fingerprint density at radius 3 is 3.00 bits per heavy atom. The highest BCUT2D eigenvalue weighted by Gasteiger charge is 2.00. The zero-order chi connectivity index (χ0) is 10.4. The van der Waals surface area contributed by atoms with Crippen LogP contribution in [0.2, 0.25) is 0 Å². The number of rotatable bonds is 2. The molecule has 5 nitrogen and oxygen atoms in total. The summed E-state index contributed by atoms with van der Waals surface area (Å²) in [5.41, 5.74) is 3.13. The first kappa shape index (κ1) is 10.0. The Balaban J connectivity index is 2.68. The Morgan fingerprint density at radius 1 is 1.57 bits per heavy atom. The van der Waals surface area contributed by atoms with E-state index in [2.05, 4.69) is 15.6 Å². The van der Waals surface area contributed by atoms with Crippen molar-refractivity contribution in [3.8, 4) is 6.07 Å². The third-order valence-electron chi connectivity index (χ3n) is 1.44. The zero-order valence-electron chi connectivity index (χ0n) is 7.57. The van der Waals surface area contributed by atoms with E-state index < -0.39 is 6.03 Å². The number of benzene rings is 1. The highest BCUT2D eigenvalue weighted by molar-refractivity contribution is 5.88. The molecule has 0 heterocycles. The van der Waals surface area contributed by atoms with Gasteiger partial charge in [0.2, 0.25) is 0 Å². The molecule has 0 aliphatic rings. The van der Waals surface area contributed by atoms with Crippen LogP contribution in [-0.2, 0) is 4.84 Å². The van der Waals surface area contributed by atoms with E-state index in [0.29, 0.717) is 11.3 Å². The van der Waals surface area contributed by atoms with Crippen molar-refractivity contribution in [1.82, 2.24) is 5.48 Å². The first-order valence-electron chi connectivity index (χ1n) is 3.86. The maximum Gasteiger partial charge on any atom is 0.343 e. The molecule has 2 amide bonds. The minimum absolute atomic E-state index is 0.484. The number of hydroxylamine groups is 1. The van der Waals surface area contributed by atoms with Crippen molar-refractivity contribution < 1.29 is 9.63 Å². The fourth-order valence-electron chi connectivity index (χ4n) is 0.916. The van der Waals surface area contributed by atoms with Crippen molar-refractivity contribution in [3.63, 3.8) is 0 Å². The normalized spacial score (nSPS) is 8.86. The van der Waals surface area contributed by atoms with Gasteiger partial charge in [-0.15, -0.1) is 0 Å². The number of anilines is 1. The fraction of sp³-hybridized carbons (Fsp3) is 0.111. The first-order chi connectivity index (χ1) is 6.76. The average Bonchev–Trinajstić information content (AvgIpc) is 2.18. The van der Waals surface area contributed by atoms with Gasteiger partial charge in [-0.3, -0.25) is 4.84 Å². The summed E-state index contributed by atoms with van der Waals surface area (Å²) in [5.74, 6) is 0. The Bertz CT molecular complexity index is 371. The van der Waals surface area contributed by atoms with Gasteiger partial charge in [-0.25, -0.2) is 10.3 Å². The van der Waals surface area contributed by atoms with Gasteiger partial charge in [0.05, 0.1) is 18.7 Å². The minimum Gasteiger partial charge on any atom is -0.306 e. The van der Waals surface area contributed by atoms with Crippen molar-refractivity contribution in [2.24, 2.45) is 0 Å². The van der Waals surface area contributed by atoms with E-state index in [1.54, 1.807) is 24.3 Å². The van der Waals surface area contributed by atoms with Crippen LogP contribution < -0.4 is 10.8 Å². The largest absolute Gasteiger partial charge is 0.343 e. The summed E-state index contributed by atoms with van der Waals surface area (Å²) in [7, 11) is 1.34. The van der Waals surface area contributed by atoms with Gasteiger partial charge in [0.1, 0.15) is 0 Å². The van der Waals surface area contributed by atoms with Gasteiger partial charge in [-0.1, -0.05) is 6.07 Å². The molecule has 0 fully saturated rings. The van der Waals surface area contributed by atoms with Gasteiger partial charge >= 0.3 is 6.03 Å². The molecule has 0 radical (unpaired) electrons. The maximum atomic E-state index is 11.0. The third-order valence-corrected chi connectivity index (χ3v) is 1.44. The van der Waals surface area contributed by atoms with E-state index in [9.17, 15) is 4.79 Å². The molecular formula is C9H9N3O2. The molecule has 5 heteroatoms. The second-order valence-corrected chi connectivity index (χ2v) is 2.45. The number of carbonyl (C=O) groups excluding carboxylic acids is 1. The third kappa shape index (κ3) is 2.77. The first-order valence-corrected chi connectivity index (χ1v) is 3.86. The van der Waals surface area contributed by atoms with E-state index in [1.807, 2.05) is 6.07 Å². The van der Waals surface area contributed by atoms with Crippen LogP contribution in [0.5, 0.6) is 0 Å². The van der Waals surface area contributed by atoms with Crippen LogP contribution in [-0.4, -0.2) is 13.1 Å². The van der Waals surface area contributed by atoms with Crippen molar-refractivity contribution in [2.45, 2.75) is 0 Å². The van der Waals surface area contributed by atoms with Gasteiger partial charge in [-0.2, -0.15) is 5.26 Å². The standard InChI is InChI=1S/C9H9N3O2/c1-14-12-9(13)11-8-4-2-3-7(5-8)6-10/h2-5H,1H3,(H2,11,12,13). The van der Waals surface area contributed by atoms with Crippen molar-refractivity contribution in [3.05, 3.63) is 29.8 Å². The Morgan fingerprint density at radius 2 is 2.36 bits per heavy atom. The van der Waals surface area contributed by atoms with Crippen molar-refractivity contribution in [2.75, 3.05) is 12.4 Å². The molecule has 1 rings (SSSR count). The summed E-state index contributed by atoms with van der Waals surface area (Å²) >= 11 is 0. The smallest absolute Gasteiger partial charge is 0.306 e. The summed E-state index contributed by atoms with van der Waals surface area (Å²) < 4.78 is 0. The molecule has 14 heavy (non-hydrogen) atoms. The highest BCUT2D eigenvalue weighted by Crippen LogP contribution is 2.08. The lowest BCUT2D eigenvalue weighted by molar-refractivity contribution is 0.114. The molecular weight excluding hydrogens is 182 g/mol. The molecule has 1 aromatic rings. The second-order valence-electron chi connectivity index (χ2n) is 2.45. The van der Waals surface area contributed by atoms with Crippen LogP contribution in [0, 0.1) is 11.3 Å². The van der Waals surface area contributed by atoms with E-state index in [4.69, 9.17) is 5.26 Å². The van der Waals surface area contributed by atoms with E-state index in [-0.39, 0.29) is 0 Å². The average molecular weight is 191 g/mol. The van der Waals surface area contributed by atoms with Crippen LogP contribution in [0.25, 0.3) is 0 Å². The number of carbonyl (C=O) groups is 1. The molecule has 1 aromatic carbocycles. The van der Waals surface area contributed by atoms with Crippen LogP contribution in [0.1, 0.15) is 5.56 Å². The van der Waals surface area contributed by atoms with E-state index >= 15 is 0 Å². The molecule has 0 spiro atoms. The topological polar surface area (TPSA) is 74.2 Å². The summed E-state index contributed by atoms with van der Waals surface area (Å²) in [4.78, 5) is 15.4. The monoisotopic (exact) mass is 191 g/mol. The summed E-state index contributed by atoms with van der Waals surface area (Å²) in [6, 6.07) is 8.06. The lowest BCUT2D eigenvalue weighted by Crippen LogP contribution is -2.27. The van der Waals surface area contributed by atoms with Crippen molar-refractivity contribution in [1.29, 1.82) is 5.26 Å². The lowest BCUT2D eigenvalue weighted by atomic mass is 10.2. The van der Waals surface area contributed by atoms with Crippen LogP contribution >= 0.6 is 0 Å². The molecule has 0 saturated carbocycles. The summed E-state index contributed by atoms with van der Waals surface area (Å²) in [6.07, 6.45) is 0. The Kier molecular flexibility index (Phi) is 3.47. The SMILES string of the molecule is CONC(=O)Nc1cccc(C#N)c1. The van der Waals surface area contributed by atoms with Gasteiger partial charge in [0, 0.05) is 5.69 Å². The predicted octanol–water partition coefficient (Wildman–Crippen LogP) is 1.24. The minimum atomic E-state index is -0.484. The van der Waals surface area contributed by atoms with Crippen molar-refractivity contribution >= 4 is 11.7 Å².